The number of sulfonamides is 1. The number of hydrogen-bond donors (Lipinski definition) is 1. The number of carbonyl (C=O) groups is 1. The van der Waals surface area contributed by atoms with E-state index < -0.39 is 10.0 Å². The summed E-state index contributed by atoms with van der Waals surface area (Å²) >= 11 is 1.39. The molecular formula is C22H22N2O4S2. The molecule has 2 heterocycles. The molecule has 1 aromatic heterocycles. The number of aryl methyl sites for hydroxylation is 2. The predicted molar refractivity (Wildman–Crippen MR) is 119 cm³/mol. The maximum atomic E-state index is 13.1. The maximum absolute atomic E-state index is 13.1. The topological polar surface area (TPSA) is 75.7 Å². The van der Waals surface area contributed by atoms with Gasteiger partial charge in [0.25, 0.3) is 15.9 Å². The molecule has 0 saturated carbocycles. The van der Waals surface area contributed by atoms with Gasteiger partial charge in [0.05, 0.1) is 17.7 Å². The van der Waals surface area contributed by atoms with Crippen LogP contribution in [0.1, 0.15) is 26.4 Å². The van der Waals surface area contributed by atoms with Crippen molar-refractivity contribution >= 4 is 38.6 Å². The lowest BCUT2D eigenvalue weighted by Crippen LogP contribution is -2.28. The third kappa shape index (κ3) is 3.68. The summed E-state index contributed by atoms with van der Waals surface area (Å²) in [6, 6.07) is 12.3. The van der Waals surface area contributed by atoms with Crippen molar-refractivity contribution < 1.29 is 17.9 Å². The average Bonchev–Trinajstić information content (AvgIpc) is 3.38. The number of benzene rings is 2. The number of carbonyl (C=O) groups excluding carboxylic acids is 1. The first-order valence-electron chi connectivity index (χ1n) is 9.46. The van der Waals surface area contributed by atoms with E-state index in [2.05, 4.69) is 4.72 Å². The number of nitrogens with one attached hydrogen (secondary N) is 1. The van der Waals surface area contributed by atoms with E-state index in [1.54, 1.807) is 35.2 Å². The van der Waals surface area contributed by atoms with Crippen LogP contribution in [0.5, 0.6) is 5.75 Å². The van der Waals surface area contributed by atoms with Gasteiger partial charge in [-0.25, -0.2) is 8.42 Å². The minimum absolute atomic E-state index is 0.0698. The van der Waals surface area contributed by atoms with E-state index in [1.165, 1.54) is 18.4 Å². The normalized spacial score (nSPS) is 13.2. The fourth-order valence-electron chi connectivity index (χ4n) is 3.53. The van der Waals surface area contributed by atoms with E-state index >= 15 is 0 Å². The Hall–Kier alpha value is -2.84. The molecule has 0 bridgehead atoms. The highest BCUT2D eigenvalue weighted by Gasteiger charge is 2.27. The third-order valence-corrected chi connectivity index (χ3v) is 7.54. The molecule has 0 aliphatic carbocycles. The molecule has 0 unspecified atom stereocenters. The molecule has 30 heavy (non-hydrogen) atoms. The summed E-state index contributed by atoms with van der Waals surface area (Å²) in [5.74, 6) is 0.223. The van der Waals surface area contributed by atoms with Crippen molar-refractivity contribution in [2.75, 3.05) is 23.3 Å². The quantitative estimate of drug-likeness (QED) is 0.636. The summed E-state index contributed by atoms with van der Waals surface area (Å²) in [4.78, 5) is 15.3. The van der Waals surface area contributed by atoms with Crippen LogP contribution in [0.25, 0.3) is 0 Å². The maximum Gasteiger partial charge on any atom is 0.268 e. The minimum Gasteiger partial charge on any atom is -0.495 e. The zero-order chi connectivity index (χ0) is 21.5. The van der Waals surface area contributed by atoms with Crippen molar-refractivity contribution in [3.05, 3.63) is 69.4 Å². The van der Waals surface area contributed by atoms with Crippen molar-refractivity contribution in [1.82, 2.24) is 0 Å². The highest BCUT2D eigenvalue weighted by atomic mass is 32.2. The fraction of sp³-hybridized carbons (Fsp3) is 0.227. The van der Waals surface area contributed by atoms with Gasteiger partial charge >= 0.3 is 0 Å². The number of amides is 1. The van der Waals surface area contributed by atoms with Gasteiger partial charge in [0, 0.05) is 12.2 Å². The number of anilines is 2. The highest BCUT2D eigenvalue weighted by molar-refractivity contribution is 7.92. The van der Waals surface area contributed by atoms with E-state index in [0.717, 1.165) is 28.8 Å². The van der Waals surface area contributed by atoms with Gasteiger partial charge in [0.15, 0.2) is 0 Å². The van der Waals surface area contributed by atoms with Gasteiger partial charge < -0.3 is 9.64 Å². The number of ether oxygens (including phenoxy) is 1. The predicted octanol–water partition coefficient (Wildman–Crippen LogP) is 4.38. The monoisotopic (exact) mass is 442 g/mol. The zero-order valence-electron chi connectivity index (χ0n) is 16.9. The van der Waals surface area contributed by atoms with Gasteiger partial charge in [0.1, 0.15) is 10.6 Å². The molecule has 4 rings (SSSR count). The van der Waals surface area contributed by atoms with E-state index in [1.807, 2.05) is 31.4 Å². The first-order chi connectivity index (χ1) is 14.3. The molecule has 1 N–H and O–H groups in total. The van der Waals surface area contributed by atoms with E-state index in [9.17, 15) is 13.2 Å². The molecule has 0 spiro atoms. The van der Waals surface area contributed by atoms with Gasteiger partial charge in [-0.3, -0.25) is 9.52 Å². The molecular weight excluding hydrogens is 420 g/mol. The smallest absolute Gasteiger partial charge is 0.268 e. The third-order valence-electron chi connectivity index (χ3n) is 5.28. The Morgan fingerprint density at radius 2 is 1.90 bits per heavy atom. The van der Waals surface area contributed by atoms with Crippen LogP contribution in [0.15, 0.2) is 52.7 Å². The van der Waals surface area contributed by atoms with Gasteiger partial charge in [0.2, 0.25) is 0 Å². The Balaban J connectivity index is 1.66. The van der Waals surface area contributed by atoms with E-state index in [0.29, 0.717) is 22.9 Å². The summed E-state index contributed by atoms with van der Waals surface area (Å²) in [6.45, 7) is 4.34. The van der Waals surface area contributed by atoms with Crippen LogP contribution in [0.2, 0.25) is 0 Å². The highest BCUT2D eigenvalue weighted by Crippen LogP contribution is 2.34. The minimum atomic E-state index is -3.87. The largest absolute Gasteiger partial charge is 0.495 e. The second-order valence-corrected chi connectivity index (χ2v) is 9.82. The van der Waals surface area contributed by atoms with Crippen molar-refractivity contribution in [3.8, 4) is 5.75 Å². The molecule has 156 valence electrons. The van der Waals surface area contributed by atoms with Gasteiger partial charge in [-0.1, -0.05) is 12.1 Å². The SMILES string of the molecule is COc1cc(C)c(C)cc1S(=O)(=O)Nc1ccc2c(c1)N(C(=O)c1cccs1)CC2. The lowest BCUT2D eigenvalue weighted by molar-refractivity contribution is 0.0993. The number of methoxy groups -OCH3 is 1. The van der Waals surface area contributed by atoms with Gasteiger partial charge in [-0.15, -0.1) is 11.3 Å². The number of rotatable bonds is 5. The summed E-state index contributed by atoms with van der Waals surface area (Å²) in [5.41, 5.74) is 3.97. The first-order valence-corrected chi connectivity index (χ1v) is 11.8. The Bertz CT molecular complexity index is 1220. The Kier molecular flexibility index (Phi) is 5.29. The summed E-state index contributed by atoms with van der Waals surface area (Å²) < 4.78 is 34.1. The van der Waals surface area contributed by atoms with Crippen LogP contribution in [0, 0.1) is 13.8 Å². The summed E-state index contributed by atoms with van der Waals surface area (Å²) in [5, 5.41) is 1.87. The van der Waals surface area contributed by atoms with Crippen LogP contribution in [-0.2, 0) is 16.4 Å². The first kappa shape index (κ1) is 20.4. The Labute approximate surface area is 180 Å². The van der Waals surface area contributed by atoms with Gasteiger partial charge in [-0.2, -0.15) is 0 Å². The van der Waals surface area contributed by atoms with Crippen molar-refractivity contribution in [1.29, 1.82) is 0 Å². The molecule has 1 aliphatic rings. The fourth-order valence-corrected chi connectivity index (χ4v) is 5.49. The summed E-state index contributed by atoms with van der Waals surface area (Å²) in [6.07, 6.45) is 0.741. The zero-order valence-corrected chi connectivity index (χ0v) is 18.6. The Morgan fingerprint density at radius 3 is 2.60 bits per heavy atom. The molecule has 3 aromatic rings. The molecule has 0 atom stereocenters. The molecule has 1 aliphatic heterocycles. The van der Waals surface area contributed by atoms with Crippen LogP contribution in [-0.4, -0.2) is 28.0 Å². The number of nitrogens with zero attached hydrogens (tertiary/aromatic N) is 1. The molecule has 2 aromatic carbocycles. The standard InChI is InChI=1S/C22H22N2O4S2/c1-14-11-19(28-3)21(12-15(14)2)30(26,27)23-17-7-6-16-8-9-24(18(16)13-17)22(25)20-5-4-10-29-20/h4-7,10-13,23H,8-9H2,1-3H3. The number of hydrogen-bond acceptors (Lipinski definition) is 5. The Morgan fingerprint density at radius 1 is 1.13 bits per heavy atom. The van der Waals surface area contributed by atoms with Crippen LogP contribution in [0.3, 0.4) is 0 Å². The second-order valence-electron chi connectivity index (χ2n) is 7.22. The molecule has 8 heteroatoms. The lowest BCUT2D eigenvalue weighted by Gasteiger charge is -2.18. The van der Waals surface area contributed by atoms with Crippen LogP contribution in [0.4, 0.5) is 11.4 Å². The van der Waals surface area contributed by atoms with E-state index in [4.69, 9.17) is 4.74 Å². The van der Waals surface area contributed by atoms with Crippen molar-refractivity contribution in [2.24, 2.45) is 0 Å². The van der Waals surface area contributed by atoms with Crippen molar-refractivity contribution in [2.45, 2.75) is 25.2 Å². The molecule has 0 saturated heterocycles. The van der Waals surface area contributed by atoms with Crippen LogP contribution < -0.4 is 14.4 Å². The second kappa shape index (κ2) is 7.77. The molecule has 0 radical (unpaired) electrons. The molecule has 0 fully saturated rings. The molecule has 6 nitrogen and oxygen atoms in total. The van der Waals surface area contributed by atoms with Crippen LogP contribution >= 0.6 is 11.3 Å². The number of fused-ring (bicyclic) bond motifs is 1. The van der Waals surface area contributed by atoms with E-state index in [-0.39, 0.29) is 10.8 Å². The average molecular weight is 443 g/mol. The lowest BCUT2D eigenvalue weighted by atomic mass is 10.1. The van der Waals surface area contributed by atoms with Crippen molar-refractivity contribution in [3.63, 3.8) is 0 Å². The summed E-state index contributed by atoms with van der Waals surface area (Å²) in [7, 11) is -2.42. The van der Waals surface area contributed by atoms with Gasteiger partial charge in [-0.05, 0) is 72.7 Å². The number of thiophene rings is 1. The molecule has 1 amide bonds.